The van der Waals surface area contributed by atoms with E-state index in [2.05, 4.69) is 22.2 Å². The molecule has 9 heteroatoms. The number of methoxy groups -OCH3 is 2. The zero-order valence-corrected chi connectivity index (χ0v) is 23.1. The summed E-state index contributed by atoms with van der Waals surface area (Å²) in [5, 5.41) is 7.72. The molecular formula is C31H30Cl2N4O3. The number of hydrogen-bond acceptors (Lipinski definition) is 7. The highest BCUT2D eigenvalue weighted by molar-refractivity contribution is 6.41. The Kier molecular flexibility index (Phi) is 6.17. The average molecular weight is 584 g/mol. The van der Waals surface area contributed by atoms with Crippen LogP contribution in [0.1, 0.15) is 32.2 Å². The Morgan fingerprint density at radius 1 is 1.18 bits per heavy atom. The molecule has 1 aliphatic rings. The summed E-state index contributed by atoms with van der Waals surface area (Å²) in [6, 6.07) is 10.2. The van der Waals surface area contributed by atoms with E-state index >= 15 is 0 Å². The first kappa shape index (κ1) is 21.0. The molecule has 0 atom stereocenters. The first-order valence-corrected chi connectivity index (χ1v) is 13.3. The molecule has 2 N–H and O–H groups in total. The summed E-state index contributed by atoms with van der Waals surface area (Å²) in [5.74, 6) is 0.661. The van der Waals surface area contributed by atoms with Crippen LogP contribution in [0.4, 0.5) is 17.3 Å². The number of ether oxygens (including phenoxy) is 2. The minimum absolute atomic E-state index is 0.0272. The molecule has 2 aromatic heterocycles. The molecule has 0 saturated heterocycles. The third-order valence-electron chi connectivity index (χ3n) is 6.78. The topological polar surface area (TPSA) is 85.4 Å². The van der Waals surface area contributed by atoms with Gasteiger partial charge in [0, 0.05) is 47.3 Å². The van der Waals surface area contributed by atoms with Crippen molar-refractivity contribution in [3.8, 4) is 22.8 Å². The lowest BCUT2D eigenvalue weighted by Crippen LogP contribution is -2.07. The van der Waals surface area contributed by atoms with E-state index in [0.717, 1.165) is 35.7 Å². The van der Waals surface area contributed by atoms with Gasteiger partial charge in [-0.1, -0.05) is 48.0 Å². The molecule has 1 fully saturated rings. The molecule has 4 aromatic rings. The lowest BCUT2D eigenvalue weighted by molar-refractivity contribution is -0.114. The minimum Gasteiger partial charge on any atom is -0.495 e. The molecule has 0 bridgehead atoms. The van der Waals surface area contributed by atoms with Gasteiger partial charge in [-0.25, -0.2) is 9.97 Å². The summed E-state index contributed by atoms with van der Waals surface area (Å²) in [7, 11) is -5.80. The summed E-state index contributed by atoms with van der Waals surface area (Å²) in [6.07, 6.45) is 5.27. The van der Waals surface area contributed by atoms with Crippen molar-refractivity contribution in [3.05, 3.63) is 76.4 Å². The highest BCUT2D eigenvalue weighted by Gasteiger charge is 2.24. The van der Waals surface area contributed by atoms with E-state index in [1.54, 1.807) is 12.3 Å². The SMILES string of the molecule is [2H]C([2H])([2H])Oc1cc(OC([2H])([2H])[2H])c(Cl)c(-c2cc3cnc(Nc4c(C)cccc4CC(=O)C=C)cc3c(NCC3CC3)n2)c1Cl. The Labute approximate surface area is 252 Å². The van der Waals surface area contributed by atoms with Crippen LogP contribution in [0.3, 0.4) is 0 Å². The van der Waals surface area contributed by atoms with E-state index in [-0.39, 0.29) is 45.0 Å². The van der Waals surface area contributed by atoms with Gasteiger partial charge in [0.1, 0.15) is 23.1 Å². The average Bonchev–Trinajstić information content (AvgIpc) is 3.79. The Morgan fingerprint density at radius 3 is 2.60 bits per heavy atom. The number of hydrogen-bond donors (Lipinski definition) is 2. The molecule has 1 saturated carbocycles. The first-order valence-electron chi connectivity index (χ1n) is 15.6. The molecule has 7 nitrogen and oxygen atoms in total. The second kappa shape index (κ2) is 11.7. The Balaban J connectivity index is 1.64. The van der Waals surface area contributed by atoms with Crippen LogP contribution in [0, 0.1) is 12.8 Å². The van der Waals surface area contributed by atoms with E-state index in [4.69, 9.17) is 45.9 Å². The largest absolute Gasteiger partial charge is 0.495 e. The quantitative estimate of drug-likeness (QED) is 0.174. The van der Waals surface area contributed by atoms with E-state index in [1.807, 2.05) is 31.2 Å². The van der Waals surface area contributed by atoms with Crippen LogP contribution in [0.2, 0.25) is 10.0 Å². The maximum atomic E-state index is 12.2. The number of pyridine rings is 2. The zero-order chi connectivity index (χ0) is 33.4. The molecule has 40 heavy (non-hydrogen) atoms. The number of nitrogens with zero attached hydrogens (tertiary/aromatic N) is 2. The number of aryl methyl sites for hydroxylation is 1. The smallest absolute Gasteiger partial charge is 0.159 e. The van der Waals surface area contributed by atoms with Crippen LogP contribution in [0.5, 0.6) is 11.5 Å². The second-order valence-electron chi connectivity index (χ2n) is 9.63. The summed E-state index contributed by atoms with van der Waals surface area (Å²) in [5.41, 5.74) is 2.72. The zero-order valence-electron chi connectivity index (χ0n) is 27.6. The molecule has 2 aromatic carbocycles. The van der Waals surface area contributed by atoms with Crippen molar-refractivity contribution in [1.29, 1.82) is 0 Å². The van der Waals surface area contributed by atoms with Crippen LogP contribution in [-0.4, -0.2) is 36.4 Å². The molecule has 1 aliphatic carbocycles. The number of halogens is 2. The van der Waals surface area contributed by atoms with Gasteiger partial charge in [0.2, 0.25) is 0 Å². The van der Waals surface area contributed by atoms with Crippen LogP contribution in [0.15, 0.2) is 55.3 Å². The Hall–Kier alpha value is -3.81. The standard InChI is InChI=1S/C31H30Cl2N4O3/c1-5-21(38)11-19-8-6-7-17(2)30(19)37-26-13-22-20(16-34-26)12-23(36-31(22)35-15-18-9-10-18)27-28(32)24(39-3)14-25(40-4)29(27)33/h5-8,12-14,16,18H,1,9-11,15H2,2-4H3,(H,34,37)(H,35,36)/i3D3,4D3. The van der Waals surface area contributed by atoms with Gasteiger partial charge in [-0.05, 0) is 55.0 Å². The summed E-state index contributed by atoms with van der Waals surface area (Å²) < 4.78 is 55.6. The van der Waals surface area contributed by atoms with Crippen LogP contribution >= 0.6 is 23.2 Å². The number of aromatic nitrogens is 2. The van der Waals surface area contributed by atoms with Gasteiger partial charge >= 0.3 is 0 Å². The van der Waals surface area contributed by atoms with E-state index in [9.17, 15) is 4.79 Å². The number of allylic oxidation sites excluding steroid dienone is 1. The summed E-state index contributed by atoms with van der Waals surface area (Å²) >= 11 is 13.3. The predicted octanol–water partition coefficient (Wildman–Crippen LogP) is 7.79. The Bertz CT molecular complexity index is 1790. The van der Waals surface area contributed by atoms with Gasteiger partial charge in [-0.2, -0.15) is 0 Å². The second-order valence-corrected chi connectivity index (χ2v) is 10.4. The fraction of sp³-hybridized carbons (Fsp3) is 0.258. The molecule has 206 valence electrons. The van der Waals surface area contributed by atoms with Crippen molar-refractivity contribution in [2.24, 2.45) is 5.92 Å². The van der Waals surface area contributed by atoms with Crippen LogP contribution in [0.25, 0.3) is 22.0 Å². The van der Waals surface area contributed by atoms with Crippen molar-refractivity contribution in [1.82, 2.24) is 9.97 Å². The fourth-order valence-electron chi connectivity index (χ4n) is 4.45. The third kappa shape index (κ3) is 5.71. The molecule has 0 aliphatic heterocycles. The van der Waals surface area contributed by atoms with Gasteiger partial charge in [0.05, 0.1) is 38.0 Å². The number of ketones is 1. The molecule has 0 amide bonds. The van der Waals surface area contributed by atoms with Gasteiger partial charge < -0.3 is 20.1 Å². The third-order valence-corrected chi connectivity index (χ3v) is 7.53. The predicted molar refractivity (Wildman–Crippen MR) is 163 cm³/mol. The van der Waals surface area contributed by atoms with Crippen molar-refractivity contribution in [2.75, 3.05) is 31.3 Å². The molecule has 0 radical (unpaired) electrons. The van der Waals surface area contributed by atoms with Crippen molar-refractivity contribution in [3.63, 3.8) is 0 Å². The highest BCUT2D eigenvalue weighted by atomic mass is 35.5. The van der Waals surface area contributed by atoms with Gasteiger partial charge in [0.15, 0.2) is 5.78 Å². The maximum Gasteiger partial charge on any atom is 0.159 e. The molecule has 5 rings (SSSR count). The minimum atomic E-state index is -2.90. The number of carbonyl (C=O) groups is 1. The summed E-state index contributed by atoms with van der Waals surface area (Å²) in [6.45, 7) is 6.16. The maximum absolute atomic E-state index is 12.2. The number of nitrogens with one attached hydrogen (secondary N) is 2. The van der Waals surface area contributed by atoms with Crippen molar-refractivity contribution in [2.45, 2.75) is 26.2 Å². The lowest BCUT2D eigenvalue weighted by Gasteiger charge is -2.17. The van der Waals surface area contributed by atoms with Gasteiger partial charge in [-0.3, -0.25) is 4.79 Å². The lowest BCUT2D eigenvalue weighted by atomic mass is 10.0. The number of para-hydroxylation sites is 1. The number of anilines is 3. The van der Waals surface area contributed by atoms with Gasteiger partial charge in [0.25, 0.3) is 0 Å². The number of benzene rings is 2. The monoisotopic (exact) mass is 582 g/mol. The molecule has 2 heterocycles. The highest BCUT2D eigenvalue weighted by Crippen LogP contribution is 2.46. The fourth-order valence-corrected chi connectivity index (χ4v) is 5.06. The van der Waals surface area contributed by atoms with E-state index in [1.165, 1.54) is 6.08 Å². The Morgan fingerprint density at radius 2 is 1.93 bits per heavy atom. The summed E-state index contributed by atoms with van der Waals surface area (Å²) in [4.78, 5) is 21.6. The van der Waals surface area contributed by atoms with Gasteiger partial charge in [-0.15, -0.1) is 0 Å². The number of carbonyl (C=O) groups excluding carboxylic acids is 1. The van der Waals surface area contributed by atoms with Crippen molar-refractivity contribution >= 4 is 57.1 Å². The molecular weight excluding hydrogens is 547 g/mol. The first-order chi connectivity index (χ1) is 21.6. The van der Waals surface area contributed by atoms with E-state index < -0.39 is 14.1 Å². The number of rotatable bonds is 11. The molecule has 0 unspecified atom stereocenters. The van der Waals surface area contributed by atoms with Crippen LogP contribution < -0.4 is 20.1 Å². The number of fused-ring (bicyclic) bond motifs is 1. The van der Waals surface area contributed by atoms with E-state index in [0.29, 0.717) is 34.9 Å². The molecule has 0 spiro atoms. The van der Waals surface area contributed by atoms with Crippen LogP contribution in [-0.2, 0) is 11.2 Å². The normalized spacial score (nSPS) is 15.6. The van der Waals surface area contributed by atoms with Crippen molar-refractivity contribution < 1.29 is 22.5 Å².